The van der Waals surface area contributed by atoms with E-state index in [1.54, 1.807) is 12.1 Å². The smallest absolute Gasteiger partial charge is 0.278 e. The second-order valence-electron chi connectivity index (χ2n) is 5.30. The maximum absolute atomic E-state index is 13.0. The maximum atomic E-state index is 13.0. The predicted octanol–water partition coefficient (Wildman–Crippen LogP) is 5.62. The van der Waals surface area contributed by atoms with Gasteiger partial charge >= 0.3 is 6.18 Å². The molecular weight excluding hydrogens is 325 g/mol. The number of benzene rings is 3. The number of nitrogens with zero attached hydrogens (tertiary/aromatic N) is 1. The molecule has 0 spiro atoms. The lowest BCUT2D eigenvalue weighted by molar-refractivity contribution is -0.137. The van der Waals surface area contributed by atoms with Gasteiger partial charge in [-0.25, -0.2) is 0 Å². The van der Waals surface area contributed by atoms with E-state index in [1.165, 1.54) is 12.1 Å². The minimum atomic E-state index is -4.41. The molecule has 0 atom stereocenters. The summed E-state index contributed by atoms with van der Waals surface area (Å²) < 4.78 is 38.9. The van der Waals surface area contributed by atoms with Crippen molar-refractivity contribution in [3.8, 4) is 11.1 Å². The Morgan fingerprint density at radius 1 is 0.840 bits per heavy atom. The number of alkyl halides is 3. The first-order chi connectivity index (χ1) is 12.0. The van der Waals surface area contributed by atoms with E-state index in [1.807, 2.05) is 42.5 Å². The Morgan fingerprint density at radius 3 is 2.32 bits per heavy atom. The summed E-state index contributed by atoms with van der Waals surface area (Å²) in [4.78, 5) is 0. The molecular formula is C20H14F3N2. The average molecular weight is 339 g/mol. The zero-order valence-corrected chi connectivity index (χ0v) is 13.1. The molecule has 1 N–H and O–H groups in total. The van der Waals surface area contributed by atoms with E-state index >= 15 is 0 Å². The lowest BCUT2D eigenvalue weighted by Crippen LogP contribution is -2.08. The van der Waals surface area contributed by atoms with Gasteiger partial charge in [0.05, 0.1) is 17.5 Å². The molecule has 25 heavy (non-hydrogen) atoms. The van der Waals surface area contributed by atoms with Crippen LogP contribution in [0.25, 0.3) is 11.1 Å². The predicted molar refractivity (Wildman–Crippen MR) is 93.4 cm³/mol. The first-order valence-corrected chi connectivity index (χ1v) is 7.57. The molecule has 3 aromatic carbocycles. The van der Waals surface area contributed by atoms with Gasteiger partial charge in [-0.1, -0.05) is 60.7 Å². The van der Waals surface area contributed by atoms with E-state index in [9.17, 15) is 13.2 Å². The lowest BCUT2D eigenvalue weighted by Gasteiger charge is -2.09. The Balaban J connectivity index is 1.78. The molecule has 0 saturated heterocycles. The minimum absolute atomic E-state index is 0.00159. The van der Waals surface area contributed by atoms with Crippen molar-refractivity contribution < 1.29 is 13.2 Å². The van der Waals surface area contributed by atoms with Crippen molar-refractivity contribution >= 4 is 11.9 Å². The second kappa shape index (κ2) is 7.21. The second-order valence-corrected chi connectivity index (χ2v) is 5.30. The van der Waals surface area contributed by atoms with Crippen molar-refractivity contribution in [1.82, 2.24) is 0 Å². The molecule has 1 radical (unpaired) electrons. The topological polar surface area (TPSA) is 24.4 Å². The number of halogens is 3. The summed E-state index contributed by atoms with van der Waals surface area (Å²) in [5.41, 5.74) is 4.45. The third-order valence-electron chi connectivity index (χ3n) is 3.53. The number of rotatable bonds is 4. The zero-order chi connectivity index (χ0) is 17.7. The molecule has 0 aliphatic rings. The fourth-order valence-electron chi connectivity index (χ4n) is 2.36. The van der Waals surface area contributed by atoms with Gasteiger partial charge in [0.2, 0.25) is 0 Å². The van der Waals surface area contributed by atoms with E-state index in [4.69, 9.17) is 0 Å². The van der Waals surface area contributed by atoms with Crippen LogP contribution in [0.1, 0.15) is 11.1 Å². The van der Waals surface area contributed by atoms with Crippen LogP contribution in [0.3, 0.4) is 0 Å². The highest BCUT2D eigenvalue weighted by Crippen LogP contribution is 2.31. The molecule has 0 bridgehead atoms. The van der Waals surface area contributed by atoms with Crippen molar-refractivity contribution in [3.63, 3.8) is 0 Å². The molecule has 0 amide bonds. The van der Waals surface area contributed by atoms with Gasteiger partial charge in [-0.15, -0.1) is 0 Å². The number of hydrazone groups is 1. The van der Waals surface area contributed by atoms with Crippen LogP contribution in [0, 0.1) is 6.07 Å². The van der Waals surface area contributed by atoms with Gasteiger partial charge in [0.25, 0.3) is 0 Å². The molecule has 5 heteroatoms. The van der Waals surface area contributed by atoms with E-state index in [-0.39, 0.29) is 5.56 Å². The first kappa shape index (κ1) is 16.8. The van der Waals surface area contributed by atoms with Crippen LogP contribution in [-0.4, -0.2) is 6.21 Å². The maximum Gasteiger partial charge on any atom is 0.417 e. The Kier molecular flexibility index (Phi) is 4.84. The highest BCUT2D eigenvalue weighted by atomic mass is 19.4. The fraction of sp³-hybridized carbons (Fsp3) is 0.0500. The van der Waals surface area contributed by atoms with Gasteiger partial charge in [0.1, 0.15) is 0 Å². The van der Waals surface area contributed by atoms with Crippen LogP contribution in [0.2, 0.25) is 0 Å². The van der Waals surface area contributed by atoms with Gasteiger partial charge in [0, 0.05) is 11.6 Å². The summed E-state index contributed by atoms with van der Waals surface area (Å²) in [7, 11) is 0. The standard InChI is InChI=1S/C20H14F3N2/c21-20(22,23)19-12-5-4-9-17(19)14-24-25-18-11-6-10-16(13-18)15-7-2-1-3-8-15/h1-12,14,25H/b24-14+. The lowest BCUT2D eigenvalue weighted by atomic mass is 10.1. The number of nitrogens with one attached hydrogen (secondary N) is 1. The SMILES string of the molecule is FC(F)(F)c1ccccc1/C=N/Nc1[c]c(-c2ccccc2)ccc1. The van der Waals surface area contributed by atoms with E-state index in [0.29, 0.717) is 5.69 Å². The summed E-state index contributed by atoms with van der Waals surface area (Å²) in [6, 6.07) is 23.6. The molecule has 0 aliphatic heterocycles. The van der Waals surface area contributed by atoms with E-state index in [0.717, 1.165) is 23.4 Å². The molecule has 3 aromatic rings. The molecule has 0 fully saturated rings. The monoisotopic (exact) mass is 339 g/mol. The van der Waals surface area contributed by atoms with Gasteiger partial charge in [-0.05, 0) is 23.3 Å². The average Bonchev–Trinajstić information content (AvgIpc) is 2.62. The Morgan fingerprint density at radius 2 is 1.56 bits per heavy atom. The molecule has 0 unspecified atom stereocenters. The van der Waals surface area contributed by atoms with Gasteiger partial charge < -0.3 is 0 Å². The van der Waals surface area contributed by atoms with Crippen molar-refractivity contribution in [3.05, 3.63) is 90.0 Å². The van der Waals surface area contributed by atoms with Gasteiger partial charge in [-0.2, -0.15) is 18.3 Å². The molecule has 0 aromatic heterocycles. The van der Waals surface area contributed by atoms with Crippen molar-refractivity contribution in [1.29, 1.82) is 0 Å². The molecule has 125 valence electrons. The number of anilines is 1. The quantitative estimate of drug-likeness (QED) is 0.484. The summed E-state index contributed by atoms with van der Waals surface area (Å²) in [6.45, 7) is 0. The molecule has 0 heterocycles. The molecule has 0 saturated carbocycles. The molecule has 2 nitrogen and oxygen atoms in total. The summed E-state index contributed by atoms with van der Waals surface area (Å²) in [6.07, 6.45) is -3.26. The van der Waals surface area contributed by atoms with Crippen LogP contribution in [0.4, 0.5) is 18.9 Å². The van der Waals surface area contributed by atoms with Crippen LogP contribution >= 0.6 is 0 Å². The summed E-state index contributed by atoms with van der Waals surface area (Å²) in [5.74, 6) is 0. The minimum Gasteiger partial charge on any atom is -0.278 e. The number of hydrogen-bond donors (Lipinski definition) is 1. The fourth-order valence-corrected chi connectivity index (χ4v) is 2.36. The van der Waals surface area contributed by atoms with Crippen LogP contribution < -0.4 is 5.43 Å². The van der Waals surface area contributed by atoms with Crippen LogP contribution in [0.15, 0.2) is 77.9 Å². The van der Waals surface area contributed by atoms with Crippen molar-refractivity contribution in [2.75, 3.05) is 5.43 Å². The number of hydrogen-bond acceptors (Lipinski definition) is 2. The van der Waals surface area contributed by atoms with Crippen molar-refractivity contribution in [2.45, 2.75) is 6.18 Å². The Labute approximate surface area is 143 Å². The normalized spacial score (nSPS) is 11.6. The van der Waals surface area contributed by atoms with E-state index < -0.39 is 11.7 Å². The van der Waals surface area contributed by atoms with Crippen molar-refractivity contribution in [2.24, 2.45) is 5.10 Å². The first-order valence-electron chi connectivity index (χ1n) is 7.57. The molecule has 3 rings (SSSR count). The highest BCUT2D eigenvalue weighted by molar-refractivity contribution is 5.82. The van der Waals surface area contributed by atoms with Gasteiger partial charge in [-0.3, -0.25) is 5.43 Å². The molecule has 0 aliphatic carbocycles. The highest BCUT2D eigenvalue weighted by Gasteiger charge is 2.32. The van der Waals surface area contributed by atoms with E-state index in [2.05, 4.69) is 16.6 Å². The summed E-state index contributed by atoms with van der Waals surface area (Å²) in [5, 5.41) is 3.91. The third-order valence-corrected chi connectivity index (χ3v) is 3.53. The largest absolute Gasteiger partial charge is 0.417 e. The van der Waals surface area contributed by atoms with Crippen LogP contribution in [-0.2, 0) is 6.18 Å². The van der Waals surface area contributed by atoms with Crippen LogP contribution in [0.5, 0.6) is 0 Å². The zero-order valence-electron chi connectivity index (χ0n) is 13.1. The van der Waals surface area contributed by atoms with Gasteiger partial charge in [0.15, 0.2) is 0 Å². The Hall–Kier alpha value is -3.08. The Bertz CT molecular complexity index is 871. The summed E-state index contributed by atoms with van der Waals surface area (Å²) >= 11 is 0. The third kappa shape index (κ3) is 4.26.